The number of aromatic nitrogens is 2. The number of nitrogens with zero attached hydrogens (tertiary/aromatic N) is 2. The molecule has 2 heterocycles. The van der Waals surface area contributed by atoms with Crippen molar-refractivity contribution in [3.8, 4) is 11.5 Å². The van der Waals surface area contributed by atoms with E-state index < -0.39 is 0 Å². The number of benzene rings is 2. The normalized spacial score (nSPS) is 12.1. The zero-order valence-corrected chi connectivity index (χ0v) is 16.1. The Hall–Kier alpha value is -2.86. The van der Waals surface area contributed by atoms with E-state index in [0.717, 1.165) is 35.2 Å². The Morgan fingerprint density at radius 1 is 1.19 bits per heavy atom. The van der Waals surface area contributed by atoms with Gasteiger partial charge in [-0.05, 0) is 42.3 Å². The third-order valence-corrected chi connectivity index (χ3v) is 5.35. The fourth-order valence-electron chi connectivity index (χ4n) is 2.98. The van der Waals surface area contributed by atoms with Gasteiger partial charge in [-0.15, -0.1) is 0 Å². The van der Waals surface area contributed by atoms with Crippen molar-refractivity contribution in [1.82, 2.24) is 9.38 Å². The van der Waals surface area contributed by atoms with Gasteiger partial charge < -0.3 is 9.47 Å². The predicted molar refractivity (Wildman–Crippen MR) is 109 cm³/mol. The van der Waals surface area contributed by atoms with E-state index in [1.807, 2.05) is 48.5 Å². The van der Waals surface area contributed by atoms with Crippen molar-refractivity contribution in [1.29, 1.82) is 0 Å². The summed E-state index contributed by atoms with van der Waals surface area (Å²) in [6.45, 7) is 2.79. The van der Waals surface area contributed by atoms with Crippen LogP contribution in [0.4, 0.5) is 0 Å². The SMILES string of the molecule is CCCCOc1ccc(/C=c2\sc3nc4ccccc4n3c2=O)cc1OC. The highest BCUT2D eigenvalue weighted by molar-refractivity contribution is 7.15. The largest absolute Gasteiger partial charge is 0.493 e. The highest BCUT2D eigenvalue weighted by Gasteiger charge is 2.11. The predicted octanol–water partition coefficient (Wildman–Crippen LogP) is 3.64. The molecule has 0 saturated heterocycles. The molecule has 0 atom stereocenters. The molecule has 2 aromatic heterocycles. The molecule has 0 saturated carbocycles. The van der Waals surface area contributed by atoms with Gasteiger partial charge >= 0.3 is 0 Å². The second kappa shape index (κ2) is 7.40. The van der Waals surface area contributed by atoms with Gasteiger partial charge in [-0.2, -0.15) is 0 Å². The first-order chi connectivity index (χ1) is 13.2. The third kappa shape index (κ3) is 3.28. The van der Waals surface area contributed by atoms with E-state index in [2.05, 4.69) is 11.9 Å². The molecule has 0 fully saturated rings. The zero-order chi connectivity index (χ0) is 18.8. The number of thiazole rings is 1. The lowest BCUT2D eigenvalue weighted by atomic mass is 10.2. The van der Waals surface area contributed by atoms with E-state index in [4.69, 9.17) is 9.47 Å². The van der Waals surface area contributed by atoms with Crippen LogP contribution in [0.5, 0.6) is 11.5 Å². The molecule has 0 aliphatic carbocycles. The lowest BCUT2D eigenvalue weighted by molar-refractivity contribution is 0.288. The fraction of sp³-hybridized carbons (Fsp3) is 0.238. The summed E-state index contributed by atoms with van der Waals surface area (Å²) in [5.74, 6) is 1.39. The smallest absolute Gasteiger partial charge is 0.274 e. The molecule has 138 valence electrons. The number of unbranched alkanes of at least 4 members (excludes halogenated alkanes) is 1. The highest BCUT2D eigenvalue weighted by Crippen LogP contribution is 2.28. The summed E-state index contributed by atoms with van der Waals surface area (Å²) in [4.78, 5) is 18.1. The molecule has 4 aromatic rings. The van der Waals surface area contributed by atoms with Gasteiger partial charge in [-0.1, -0.05) is 42.9 Å². The molecule has 27 heavy (non-hydrogen) atoms. The van der Waals surface area contributed by atoms with Crippen LogP contribution in [-0.4, -0.2) is 23.1 Å². The number of para-hydroxylation sites is 2. The maximum atomic E-state index is 12.8. The van der Waals surface area contributed by atoms with Crippen molar-refractivity contribution in [2.75, 3.05) is 13.7 Å². The monoisotopic (exact) mass is 380 g/mol. The molecule has 0 unspecified atom stereocenters. The molecule has 0 radical (unpaired) electrons. The molecule has 0 N–H and O–H groups in total. The Balaban J connectivity index is 1.75. The van der Waals surface area contributed by atoms with Gasteiger partial charge in [-0.25, -0.2) is 9.38 Å². The van der Waals surface area contributed by atoms with Crippen molar-refractivity contribution in [2.45, 2.75) is 19.8 Å². The number of hydrogen-bond acceptors (Lipinski definition) is 5. The molecular formula is C21H20N2O3S. The number of rotatable bonds is 6. The molecule has 0 aliphatic heterocycles. The van der Waals surface area contributed by atoms with Gasteiger partial charge in [0.15, 0.2) is 16.5 Å². The molecule has 0 amide bonds. The Morgan fingerprint density at radius 2 is 2.04 bits per heavy atom. The van der Waals surface area contributed by atoms with Crippen LogP contribution in [0.3, 0.4) is 0 Å². The van der Waals surface area contributed by atoms with E-state index in [9.17, 15) is 4.79 Å². The van der Waals surface area contributed by atoms with Crippen molar-refractivity contribution in [2.24, 2.45) is 0 Å². The van der Waals surface area contributed by atoms with E-state index in [1.54, 1.807) is 11.5 Å². The Bertz CT molecular complexity index is 1210. The number of fused-ring (bicyclic) bond motifs is 3. The first-order valence-corrected chi connectivity index (χ1v) is 9.75. The topological polar surface area (TPSA) is 52.8 Å². The van der Waals surface area contributed by atoms with Gasteiger partial charge in [0, 0.05) is 0 Å². The zero-order valence-electron chi connectivity index (χ0n) is 15.3. The van der Waals surface area contributed by atoms with Crippen LogP contribution in [0, 0.1) is 0 Å². The molecule has 5 nitrogen and oxygen atoms in total. The summed E-state index contributed by atoms with van der Waals surface area (Å²) in [7, 11) is 1.62. The lowest BCUT2D eigenvalue weighted by Crippen LogP contribution is -2.22. The lowest BCUT2D eigenvalue weighted by Gasteiger charge is -2.10. The average Bonchev–Trinajstić information content (AvgIpc) is 3.19. The van der Waals surface area contributed by atoms with Crippen LogP contribution in [-0.2, 0) is 0 Å². The summed E-state index contributed by atoms with van der Waals surface area (Å²) in [6.07, 6.45) is 3.95. The van der Waals surface area contributed by atoms with Crippen LogP contribution in [0.1, 0.15) is 25.3 Å². The summed E-state index contributed by atoms with van der Waals surface area (Å²) < 4.78 is 13.5. The Labute approximate surface area is 160 Å². The van der Waals surface area contributed by atoms with Gasteiger partial charge in [0.1, 0.15) is 0 Å². The van der Waals surface area contributed by atoms with E-state index in [1.165, 1.54) is 11.3 Å². The minimum atomic E-state index is -0.0501. The highest BCUT2D eigenvalue weighted by atomic mass is 32.1. The third-order valence-electron chi connectivity index (χ3n) is 4.39. The van der Waals surface area contributed by atoms with Gasteiger partial charge in [0.05, 0.1) is 29.3 Å². The minimum Gasteiger partial charge on any atom is -0.493 e. The van der Waals surface area contributed by atoms with Crippen molar-refractivity contribution in [3.05, 3.63) is 62.9 Å². The molecule has 2 aromatic carbocycles. The summed E-state index contributed by atoms with van der Waals surface area (Å²) in [5.41, 5.74) is 2.51. The van der Waals surface area contributed by atoms with E-state index >= 15 is 0 Å². The molecule has 4 rings (SSSR count). The van der Waals surface area contributed by atoms with Crippen LogP contribution in [0.15, 0.2) is 47.3 Å². The van der Waals surface area contributed by atoms with Crippen LogP contribution in [0.2, 0.25) is 0 Å². The standard InChI is InChI=1S/C21H20N2O3S/c1-3-4-11-26-17-10-9-14(12-18(17)25-2)13-19-20(24)23-16-8-6-5-7-15(16)22-21(23)27-19/h5-10,12-13H,3-4,11H2,1-2H3/b19-13-. The first-order valence-electron chi connectivity index (χ1n) is 8.94. The van der Waals surface area contributed by atoms with Gasteiger partial charge in [0.2, 0.25) is 0 Å². The van der Waals surface area contributed by atoms with Crippen molar-refractivity contribution < 1.29 is 9.47 Å². The molecule has 6 heteroatoms. The van der Waals surface area contributed by atoms with Crippen molar-refractivity contribution >= 4 is 33.4 Å². The van der Waals surface area contributed by atoms with E-state index in [0.29, 0.717) is 21.8 Å². The van der Waals surface area contributed by atoms with Crippen LogP contribution >= 0.6 is 11.3 Å². The van der Waals surface area contributed by atoms with Gasteiger partial charge in [0.25, 0.3) is 5.56 Å². The van der Waals surface area contributed by atoms with Crippen LogP contribution in [0.25, 0.3) is 22.1 Å². The van der Waals surface area contributed by atoms with Gasteiger partial charge in [-0.3, -0.25) is 4.79 Å². The number of ether oxygens (including phenoxy) is 2. The Kier molecular flexibility index (Phi) is 4.81. The number of hydrogen-bond donors (Lipinski definition) is 0. The quantitative estimate of drug-likeness (QED) is 0.479. The average molecular weight is 380 g/mol. The second-order valence-electron chi connectivity index (χ2n) is 6.25. The number of imidazole rings is 1. The molecular weight excluding hydrogens is 360 g/mol. The first kappa shape index (κ1) is 17.5. The summed E-state index contributed by atoms with van der Waals surface area (Å²) in [6, 6.07) is 13.4. The molecule has 0 bridgehead atoms. The minimum absolute atomic E-state index is 0.0501. The maximum Gasteiger partial charge on any atom is 0.274 e. The fourth-order valence-corrected chi connectivity index (χ4v) is 3.97. The van der Waals surface area contributed by atoms with Crippen LogP contribution < -0.4 is 19.6 Å². The molecule has 0 spiro atoms. The molecule has 0 aliphatic rings. The summed E-state index contributed by atoms with van der Waals surface area (Å²) >= 11 is 1.39. The van der Waals surface area contributed by atoms with Crippen molar-refractivity contribution in [3.63, 3.8) is 0 Å². The number of methoxy groups -OCH3 is 1. The maximum absolute atomic E-state index is 12.8. The Morgan fingerprint density at radius 3 is 2.85 bits per heavy atom. The van der Waals surface area contributed by atoms with E-state index in [-0.39, 0.29) is 5.56 Å². The summed E-state index contributed by atoms with van der Waals surface area (Å²) in [5, 5.41) is 0. The second-order valence-corrected chi connectivity index (χ2v) is 7.26.